The molecule has 0 bridgehead atoms. The standard InChI is InChI=1S/C11H19N3OS.C11H15NO2.C10H13NO2.C9H14N2O2.C8H13N3O2.C8H12N2O2.C7H10N2O.C7H10N2.C6H9N3O2S.C6H8N2/c1-5-6-7-8-9(10(15)14(3)4)16-11(12-2)13-8;1-4-10-7-9(6-8(3)12-10)11(13)14-5-2;1-3-9-7-8(5-6-11-9)10(12)13-4-2;1-4-11-6-7(10-2)5-8(11)9(12)13-3;1-4-13-8(12)6-5-7(9-2)10-11(6)3;1-9-6-4-7(8(11)12-3)10(2)5-6;1-8-7-5-6(10-2)3-4-9-7;1-6-4-3-5-7(8-2)9-6;1-3-11-5(10)4-8-9-6(7-2)12-4;1-7-6-3-2-4-8-5-6/h5-7H2,1-4H3,(H,12,13);6-7H,4-5H2,1-3H3;5-7H,3-4H2,1-2H3;5-6,10H,4H2,1-3H3;5H,4H2,1-3H3,(H,9,10);4-5,9H,1-3H3;3-5H,1-2H3,(H,8,9);3-5H,1-2H3,(H,8,9);3H2,1-2H3,(H,7,9);2-5,7H,1H3. The van der Waals surface area contributed by atoms with Gasteiger partial charge in [0, 0.05) is 163 Å². The Labute approximate surface area is 713 Å². The molecule has 0 aliphatic heterocycles. The van der Waals surface area contributed by atoms with Gasteiger partial charge in [-0.15, -0.1) is 10.2 Å². The maximum absolute atomic E-state index is 11.9. The lowest BCUT2D eigenvalue weighted by molar-refractivity contribution is 0.0506. The molecule has 10 heterocycles. The SMILES string of the molecule is CCCCc1nc(NC)sc1C(=O)N(C)C.CCOC(=O)c1cc(C)nc(CC)c1.CCOC(=O)c1cc(NC)nn1C.CCOC(=O)c1ccnc(CC)c1.CCOC(=O)c1nnc(NC)s1.CCn1cc(NC)cc1C(=O)OC.CNc1cc(C(=O)OC)n(C)c1.CNc1cc(OC)ccn1.CNc1cccc(C)n1.CNc1cccnc1. The number of carbonyl (C=O) groups is 7. The number of rotatable bonds is 26. The van der Waals surface area contributed by atoms with Gasteiger partial charge in [0.1, 0.15) is 45.2 Å². The van der Waals surface area contributed by atoms with E-state index >= 15 is 0 Å². The van der Waals surface area contributed by atoms with Gasteiger partial charge in [-0.05, 0) is 141 Å². The van der Waals surface area contributed by atoms with Crippen molar-refractivity contribution in [1.82, 2.24) is 63.9 Å². The topological polar surface area (TPSA) is 414 Å². The molecule has 0 saturated heterocycles. The second-order valence-corrected chi connectivity index (χ2v) is 26.2. The Balaban J connectivity index is 0.000000670. The molecule has 35 nitrogen and oxygen atoms in total. The lowest BCUT2D eigenvalue weighted by atomic mass is 10.1. The van der Waals surface area contributed by atoms with Crippen LogP contribution in [0.5, 0.6) is 5.75 Å². The molecule has 0 aliphatic rings. The summed E-state index contributed by atoms with van der Waals surface area (Å²) >= 11 is 2.61. The minimum atomic E-state index is -0.420. The molecule has 0 saturated carbocycles. The molecule has 0 fully saturated rings. The van der Waals surface area contributed by atoms with Gasteiger partial charge in [-0.2, -0.15) is 5.10 Å². The van der Waals surface area contributed by atoms with Crippen molar-refractivity contribution in [1.29, 1.82) is 0 Å². The van der Waals surface area contributed by atoms with E-state index in [1.54, 1.807) is 167 Å². The van der Waals surface area contributed by atoms with Crippen molar-refractivity contribution in [3.05, 3.63) is 189 Å². The summed E-state index contributed by atoms with van der Waals surface area (Å²) in [6.45, 7) is 21.4. The van der Waals surface area contributed by atoms with Crippen LogP contribution in [0, 0.1) is 13.8 Å². The maximum atomic E-state index is 11.9. The zero-order valence-electron chi connectivity index (χ0n) is 74.0. The molecule has 37 heteroatoms. The summed E-state index contributed by atoms with van der Waals surface area (Å²) in [5.74, 6) is 1.33. The largest absolute Gasteiger partial charge is 0.497 e. The lowest BCUT2D eigenvalue weighted by Gasteiger charge is -2.09. The number of hydrogen-bond donors (Lipinski definition) is 8. The van der Waals surface area contributed by atoms with Crippen molar-refractivity contribution in [3.8, 4) is 5.75 Å². The fourth-order valence-electron chi connectivity index (χ4n) is 9.25. The second kappa shape index (κ2) is 60.7. The smallest absolute Gasteiger partial charge is 0.369 e. The van der Waals surface area contributed by atoms with Crippen molar-refractivity contribution < 1.29 is 66.7 Å². The van der Waals surface area contributed by atoms with Gasteiger partial charge in [0.25, 0.3) is 5.91 Å². The summed E-state index contributed by atoms with van der Waals surface area (Å²) in [4.78, 5) is 107. The Bertz CT molecular complexity index is 4610. The zero-order valence-corrected chi connectivity index (χ0v) is 75.6. The van der Waals surface area contributed by atoms with Crippen LogP contribution in [-0.2, 0) is 68.3 Å². The minimum absolute atomic E-state index is 0.0464. The fourth-order valence-corrected chi connectivity index (χ4v) is 10.8. The van der Waals surface area contributed by atoms with E-state index in [-0.39, 0.29) is 40.8 Å². The highest BCUT2D eigenvalue weighted by Gasteiger charge is 2.20. The van der Waals surface area contributed by atoms with Crippen molar-refractivity contribution >= 4 is 109 Å². The number of carbonyl (C=O) groups excluding carboxylic acids is 7. The Kier molecular flexibility index (Phi) is 53.2. The number of ether oxygens (including phenoxy) is 7. The molecular weight excluding hydrogens is 1580 g/mol. The number of nitrogens with one attached hydrogen (secondary N) is 8. The number of thiazole rings is 1. The molecule has 0 aliphatic carbocycles. The molecule has 10 aromatic rings. The summed E-state index contributed by atoms with van der Waals surface area (Å²) in [5, 5.41) is 36.4. The lowest BCUT2D eigenvalue weighted by Crippen LogP contribution is -2.21. The van der Waals surface area contributed by atoms with E-state index in [1.807, 2.05) is 123 Å². The van der Waals surface area contributed by atoms with E-state index in [9.17, 15) is 33.6 Å². The van der Waals surface area contributed by atoms with E-state index in [0.717, 1.165) is 112 Å². The van der Waals surface area contributed by atoms with Gasteiger partial charge in [0.05, 0.1) is 81.6 Å². The van der Waals surface area contributed by atoms with Gasteiger partial charge in [-0.3, -0.25) is 24.4 Å². The number of anilines is 8. The first-order valence-electron chi connectivity index (χ1n) is 38.5. The van der Waals surface area contributed by atoms with Gasteiger partial charge in [-0.1, -0.05) is 55.9 Å². The van der Waals surface area contributed by atoms with Crippen LogP contribution in [0.15, 0.2) is 122 Å². The Hall–Kier alpha value is -12.8. The molecule has 8 N–H and O–H groups in total. The summed E-state index contributed by atoms with van der Waals surface area (Å²) in [6.07, 6.45) is 15.3. The van der Waals surface area contributed by atoms with Crippen LogP contribution < -0.4 is 47.3 Å². The number of pyridine rings is 5. The third-order valence-electron chi connectivity index (χ3n) is 15.5. The summed E-state index contributed by atoms with van der Waals surface area (Å²) in [5.41, 5.74) is 10.3. The average molecular weight is 1700 g/mol. The first-order valence-corrected chi connectivity index (χ1v) is 40.2. The van der Waals surface area contributed by atoms with Crippen molar-refractivity contribution in [2.24, 2.45) is 14.1 Å². The highest BCUT2D eigenvalue weighted by atomic mass is 32.1. The molecule has 0 unspecified atom stereocenters. The normalized spacial score (nSPS) is 9.61. The van der Waals surface area contributed by atoms with Gasteiger partial charge < -0.3 is 89.7 Å². The van der Waals surface area contributed by atoms with Crippen LogP contribution in [0.2, 0.25) is 0 Å². The summed E-state index contributed by atoms with van der Waals surface area (Å²) in [7, 11) is 25.9. The first kappa shape index (κ1) is 105. The average Bonchev–Trinajstić information content (AvgIpc) is 1.71. The predicted octanol–water partition coefficient (Wildman–Crippen LogP) is 13.5. The predicted molar refractivity (Wildman–Crippen MR) is 476 cm³/mol. The van der Waals surface area contributed by atoms with Crippen LogP contribution in [-0.4, -0.2) is 224 Å². The van der Waals surface area contributed by atoms with Crippen molar-refractivity contribution in [2.75, 3.05) is 161 Å². The van der Waals surface area contributed by atoms with E-state index in [4.69, 9.17) is 23.7 Å². The highest BCUT2D eigenvalue weighted by Crippen LogP contribution is 2.26. The van der Waals surface area contributed by atoms with E-state index in [0.29, 0.717) is 65.6 Å². The molecule has 120 heavy (non-hydrogen) atoms. The third kappa shape index (κ3) is 39.4. The first-order chi connectivity index (χ1) is 57.5. The van der Waals surface area contributed by atoms with Gasteiger partial charge in [0.15, 0.2) is 5.13 Å². The summed E-state index contributed by atoms with van der Waals surface area (Å²) < 4.78 is 38.6. The quantitative estimate of drug-likeness (QED) is 0.0184. The Morgan fingerprint density at radius 1 is 0.483 bits per heavy atom. The van der Waals surface area contributed by atoms with E-state index < -0.39 is 5.97 Å². The molecule has 0 aromatic carbocycles. The molecule has 0 spiro atoms. The van der Waals surface area contributed by atoms with Crippen LogP contribution in [0.4, 0.5) is 44.8 Å². The zero-order chi connectivity index (χ0) is 90.1. The van der Waals surface area contributed by atoms with Crippen LogP contribution in [0.1, 0.15) is 168 Å². The molecule has 0 radical (unpaired) electrons. The van der Waals surface area contributed by atoms with Crippen molar-refractivity contribution in [3.63, 3.8) is 0 Å². The van der Waals surface area contributed by atoms with Gasteiger partial charge in [0.2, 0.25) is 10.1 Å². The summed E-state index contributed by atoms with van der Waals surface area (Å²) in [6, 6.07) is 25.5. The third-order valence-corrected chi connectivity index (χ3v) is 17.5. The number of esters is 6. The van der Waals surface area contributed by atoms with Crippen LogP contribution >= 0.6 is 22.7 Å². The molecular formula is C83H123N21O14S2. The number of hydrogen-bond acceptors (Lipinski definition) is 33. The second-order valence-electron chi connectivity index (χ2n) is 24.3. The van der Waals surface area contributed by atoms with Crippen LogP contribution in [0.3, 0.4) is 0 Å². The fraction of sp³-hybridized carbons (Fsp3) is 0.422. The number of amides is 1. The van der Waals surface area contributed by atoms with Crippen LogP contribution in [0.25, 0.3) is 0 Å². The molecule has 10 aromatic heterocycles. The Morgan fingerprint density at radius 2 is 1.06 bits per heavy atom. The van der Waals surface area contributed by atoms with E-state index in [2.05, 4.69) is 104 Å². The number of nitrogens with zero attached hydrogens (tertiary/aromatic N) is 13. The van der Waals surface area contributed by atoms with Gasteiger partial charge in [-0.25, -0.2) is 43.7 Å². The number of methoxy groups -OCH3 is 3. The molecule has 656 valence electrons. The van der Waals surface area contributed by atoms with Crippen molar-refractivity contribution in [2.45, 2.75) is 108 Å². The molecule has 10 rings (SSSR count). The highest BCUT2D eigenvalue weighted by molar-refractivity contribution is 7.17. The van der Waals surface area contributed by atoms with Gasteiger partial charge >= 0.3 is 35.8 Å². The molecule has 1 amide bonds. The number of aromatic nitrogens is 12. The number of aryl methyl sites for hydroxylation is 8. The Morgan fingerprint density at radius 3 is 1.55 bits per heavy atom. The minimum Gasteiger partial charge on any atom is -0.497 e. The number of unbranched alkanes of at least 4 members (excludes halogenated alkanes) is 1. The molecule has 0 atom stereocenters. The van der Waals surface area contributed by atoms with E-state index in [1.165, 1.54) is 41.6 Å². The maximum Gasteiger partial charge on any atom is 0.369 e. The monoisotopic (exact) mass is 1700 g/mol.